The lowest BCUT2D eigenvalue weighted by molar-refractivity contribution is 0.165. The minimum absolute atomic E-state index is 0.0903. The van der Waals surface area contributed by atoms with E-state index in [4.69, 9.17) is 8.85 Å². The Hall–Kier alpha value is -0.593. The second kappa shape index (κ2) is 6.87. The molecule has 1 atom stereocenters. The van der Waals surface area contributed by atoms with Gasteiger partial charge in [0, 0.05) is 14.2 Å². The Bertz CT molecular complexity index is 151. The molecular weight excluding hydrogens is 190 g/mol. The Morgan fingerprint density at radius 1 is 1.38 bits per heavy atom. The van der Waals surface area contributed by atoms with Gasteiger partial charge in [0.15, 0.2) is 0 Å². The highest BCUT2D eigenvalue weighted by Crippen LogP contribution is 1.99. The van der Waals surface area contributed by atoms with Gasteiger partial charge in [0.1, 0.15) is 0 Å². The number of amides is 1. The van der Waals surface area contributed by atoms with Crippen molar-refractivity contribution in [2.45, 2.75) is 19.0 Å². The molecule has 0 saturated heterocycles. The van der Waals surface area contributed by atoms with Gasteiger partial charge in [0.25, 0.3) is 0 Å². The molecule has 0 aromatic carbocycles. The van der Waals surface area contributed by atoms with Crippen molar-refractivity contribution in [2.24, 2.45) is 0 Å². The molecule has 1 unspecified atom stereocenters. The van der Waals surface area contributed by atoms with Crippen LogP contribution in [0.2, 0.25) is 0 Å². The van der Waals surface area contributed by atoms with Crippen molar-refractivity contribution >= 4 is 15.4 Å². The molecule has 1 amide bonds. The smallest absolute Gasteiger partial charge is 0.408 e. The quantitative estimate of drug-likeness (QED) is 0.663. The van der Waals surface area contributed by atoms with Gasteiger partial charge in [-0.15, -0.1) is 0 Å². The van der Waals surface area contributed by atoms with Crippen molar-refractivity contribution in [3.8, 4) is 0 Å². The number of nitrogens with one attached hydrogen (secondary N) is 1. The molecule has 0 fully saturated rings. The molecule has 0 heterocycles. The molecular formula is C7H16NO4Si. The fourth-order valence-corrected chi connectivity index (χ4v) is 2.20. The average Bonchev–Trinajstić information content (AvgIpc) is 2.17. The number of hydrogen-bond donors (Lipinski definition) is 1. The first-order valence-corrected chi connectivity index (χ1v) is 5.38. The van der Waals surface area contributed by atoms with Gasteiger partial charge in [-0.3, -0.25) is 0 Å². The molecule has 0 saturated carbocycles. The summed E-state index contributed by atoms with van der Waals surface area (Å²) in [7, 11) is 3.04. The second-order valence-corrected chi connectivity index (χ2v) is 4.48. The van der Waals surface area contributed by atoms with Crippen molar-refractivity contribution in [1.82, 2.24) is 5.32 Å². The van der Waals surface area contributed by atoms with Gasteiger partial charge in [-0.25, -0.2) is 4.79 Å². The van der Waals surface area contributed by atoms with Gasteiger partial charge in [-0.05, 0) is 6.42 Å². The Morgan fingerprint density at radius 2 is 1.92 bits per heavy atom. The van der Waals surface area contributed by atoms with Gasteiger partial charge < -0.3 is 18.9 Å². The monoisotopic (exact) mass is 206 g/mol. The second-order valence-electron chi connectivity index (χ2n) is 2.32. The number of hydrogen-bond acceptors (Lipinski definition) is 4. The van der Waals surface area contributed by atoms with Gasteiger partial charge in [-0.1, -0.05) is 6.92 Å². The van der Waals surface area contributed by atoms with Crippen molar-refractivity contribution in [3.63, 3.8) is 0 Å². The molecule has 0 aromatic rings. The number of alkyl carbamates (subject to hydrolysis) is 1. The zero-order valence-electron chi connectivity index (χ0n) is 8.42. The van der Waals surface area contributed by atoms with E-state index in [2.05, 4.69) is 10.1 Å². The molecule has 0 bridgehead atoms. The SMILES string of the molecule is CCC(NC(=O)OC)[Si](OC)OC. The van der Waals surface area contributed by atoms with E-state index in [-0.39, 0.29) is 5.67 Å². The fourth-order valence-electron chi connectivity index (χ4n) is 0.897. The number of ether oxygens (including phenoxy) is 1. The Labute approximate surface area is 80.2 Å². The molecule has 0 rings (SSSR count). The van der Waals surface area contributed by atoms with Crippen LogP contribution in [0.1, 0.15) is 13.3 Å². The molecule has 0 aliphatic carbocycles. The first kappa shape index (κ1) is 12.4. The lowest BCUT2D eigenvalue weighted by Crippen LogP contribution is -2.48. The average molecular weight is 206 g/mol. The summed E-state index contributed by atoms with van der Waals surface area (Å²) >= 11 is 0. The molecule has 0 spiro atoms. The highest BCUT2D eigenvalue weighted by molar-refractivity contribution is 6.46. The van der Waals surface area contributed by atoms with Gasteiger partial charge >= 0.3 is 15.4 Å². The van der Waals surface area contributed by atoms with E-state index in [1.54, 1.807) is 14.2 Å². The summed E-state index contributed by atoms with van der Waals surface area (Å²) in [6, 6.07) is 0. The standard InChI is InChI=1S/C7H16NO4Si/c1-5-6(8-7(9)10-2)13(11-3)12-4/h6H,5H2,1-4H3,(H,8,9). The van der Waals surface area contributed by atoms with Crippen LogP contribution in [0.4, 0.5) is 4.79 Å². The summed E-state index contributed by atoms with van der Waals surface area (Å²) in [5.74, 6) is 0. The lowest BCUT2D eigenvalue weighted by atomic mass is 10.5. The zero-order chi connectivity index (χ0) is 10.3. The van der Waals surface area contributed by atoms with E-state index in [1.807, 2.05) is 6.92 Å². The molecule has 1 N–H and O–H groups in total. The van der Waals surface area contributed by atoms with Crippen molar-refractivity contribution < 1.29 is 18.4 Å². The van der Waals surface area contributed by atoms with Crippen LogP contribution in [0, 0.1) is 0 Å². The van der Waals surface area contributed by atoms with E-state index >= 15 is 0 Å². The molecule has 77 valence electrons. The van der Waals surface area contributed by atoms with Crippen molar-refractivity contribution in [1.29, 1.82) is 0 Å². The summed E-state index contributed by atoms with van der Waals surface area (Å²) in [5, 5.41) is 2.65. The summed E-state index contributed by atoms with van der Waals surface area (Å²) in [4.78, 5) is 10.9. The van der Waals surface area contributed by atoms with Crippen LogP contribution in [0.25, 0.3) is 0 Å². The van der Waals surface area contributed by atoms with Crippen LogP contribution in [0.3, 0.4) is 0 Å². The number of rotatable bonds is 5. The third-order valence-electron chi connectivity index (χ3n) is 1.57. The van der Waals surface area contributed by atoms with Gasteiger partial charge in [0.05, 0.1) is 12.8 Å². The third kappa shape index (κ3) is 4.25. The maximum absolute atomic E-state index is 10.9. The topological polar surface area (TPSA) is 56.8 Å². The van der Waals surface area contributed by atoms with E-state index in [0.29, 0.717) is 0 Å². The summed E-state index contributed by atoms with van der Waals surface area (Å²) < 4.78 is 14.7. The first-order chi connectivity index (χ1) is 6.19. The first-order valence-electron chi connectivity index (χ1n) is 3.98. The highest BCUT2D eigenvalue weighted by Gasteiger charge is 2.26. The molecule has 6 heteroatoms. The predicted octanol–water partition coefficient (Wildman–Crippen LogP) is 0.441. The minimum Gasteiger partial charge on any atom is -0.453 e. The third-order valence-corrected chi connectivity index (χ3v) is 3.50. The van der Waals surface area contributed by atoms with Crippen LogP contribution < -0.4 is 5.32 Å². The van der Waals surface area contributed by atoms with Crippen LogP contribution in [0.5, 0.6) is 0 Å². The Balaban J connectivity index is 4.06. The summed E-state index contributed by atoms with van der Waals surface area (Å²) in [5.41, 5.74) is -0.0903. The van der Waals surface area contributed by atoms with E-state index in [1.165, 1.54) is 7.11 Å². The van der Waals surface area contributed by atoms with Crippen LogP contribution in [-0.2, 0) is 13.6 Å². The molecule has 0 aliphatic heterocycles. The minimum atomic E-state index is -1.43. The maximum Gasteiger partial charge on any atom is 0.408 e. The maximum atomic E-state index is 10.9. The Kier molecular flexibility index (Phi) is 6.56. The van der Waals surface area contributed by atoms with Crippen LogP contribution in [0.15, 0.2) is 0 Å². The fraction of sp³-hybridized carbons (Fsp3) is 0.857. The number of carbonyl (C=O) groups is 1. The van der Waals surface area contributed by atoms with Crippen molar-refractivity contribution in [2.75, 3.05) is 21.3 Å². The van der Waals surface area contributed by atoms with Gasteiger partial charge in [0.2, 0.25) is 0 Å². The highest BCUT2D eigenvalue weighted by atomic mass is 28.3. The molecule has 13 heavy (non-hydrogen) atoms. The van der Waals surface area contributed by atoms with Crippen LogP contribution >= 0.6 is 0 Å². The van der Waals surface area contributed by atoms with Gasteiger partial charge in [-0.2, -0.15) is 0 Å². The predicted molar refractivity (Wildman–Crippen MR) is 49.4 cm³/mol. The lowest BCUT2D eigenvalue weighted by Gasteiger charge is -2.20. The van der Waals surface area contributed by atoms with Crippen molar-refractivity contribution in [3.05, 3.63) is 0 Å². The van der Waals surface area contributed by atoms with E-state index in [0.717, 1.165) is 6.42 Å². The molecule has 0 aliphatic rings. The summed E-state index contributed by atoms with van der Waals surface area (Å²) in [6.07, 6.45) is 0.300. The Morgan fingerprint density at radius 3 is 2.23 bits per heavy atom. The number of methoxy groups -OCH3 is 1. The normalized spacial score (nSPS) is 12.7. The molecule has 1 radical (unpaired) electrons. The molecule has 5 nitrogen and oxygen atoms in total. The largest absolute Gasteiger partial charge is 0.453 e. The molecule has 0 aromatic heterocycles. The summed E-state index contributed by atoms with van der Waals surface area (Å²) in [6.45, 7) is 1.95. The number of carbonyl (C=O) groups excluding carboxylic acids is 1. The van der Waals surface area contributed by atoms with E-state index < -0.39 is 15.4 Å². The van der Waals surface area contributed by atoms with E-state index in [9.17, 15) is 4.79 Å². The van der Waals surface area contributed by atoms with Crippen LogP contribution in [-0.4, -0.2) is 42.4 Å². The zero-order valence-corrected chi connectivity index (χ0v) is 9.42.